The van der Waals surface area contributed by atoms with Gasteiger partial charge in [0.2, 0.25) is 0 Å². The van der Waals surface area contributed by atoms with Crippen molar-refractivity contribution in [3.05, 3.63) is 89.5 Å². The highest BCUT2D eigenvalue weighted by Crippen LogP contribution is 2.26. The van der Waals surface area contributed by atoms with Gasteiger partial charge in [0.05, 0.1) is 25.2 Å². The minimum Gasteiger partial charge on any atom is -0.493 e. The molecule has 3 aromatic rings. The Morgan fingerprint density at radius 1 is 0.426 bits per heavy atom. The summed E-state index contributed by atoms with van der Waals surface area (Å²) in [4.78, 5) is 102. The van der Waals surface area contributed by atoms with Gasteiger partial charge >= 0.3 is 36.4 Å². The smallest absolute Gasteiger partial charge is 0.493 e. The van der Waals surface area contributed by atoms with Crippen LogP contribution in [0.2, 0.25) is 0 Å². The lowest BCUT2D eigenvalue weighted by atomic mass is 9.88. The molecule has 0 saturated carbocycles. The van der Waals surface area contributed by atoms with Crippen molar-refractivity contribution >= 4 is 36.4 Å². The Kier molecular flexibility index (Phi) is 16.7. The second kappa shape index (κ2) is 21.6. The number of rotatable bonds is 16. The molecule has 54 heavy (non-hydrogen) atoms. The number of carbonyl (C=O) groups excluding carboxylic acids is 6. The number of carbonyl (C=O) groups is 6. The minimum absolute atomic E-state index is 0.0363. The Bertz CT molecular complexity index is 1540. The van der Waals surface area contributed by atoms with Crippen LogP contribution in [0.15, 0.2) is 72.8 Å². The summed E-state index contributed by atoms with van der Waals surface area (Å²) in [6.45, 7) is 5.29. The summed E-state index contributed by atoms with van der Waals surface area (Å²) < 4.78 is 31.3. The third kappa shape index (κ3) is 12.8. The molecule has 0 atom stereocenters. The van der Waals surface area contributed by atoms with Gasteiger partial charge in [0, 0.05) is 0 Å². The van der Waals surface area contributed by atoms with Crippen molar-refractivity contribution in [3.8, 4) is 17.2 Å². The monoisotopic (exact) mass is 758 g/mol. The quantitative estimate of drug-likeness (QED) is 0.0673. The second-order valence-electron chi connectivity index (χ2n) is 10.6. The fraction of sp³-hybridized carbons (Fsp3) is 0.333. The molecular formula is C36H38O18. The van der Waals surface area contributed by atoms with Crippen LogP contribution in [0.1, 0.15) is 65.2 Å². The largest absolute Gasteiger partial charge is 0.549 e. The van der Waals surface area contributed by atoms with E-state index in [2.05, 4.69) is 29.3 Å². The summed E-state index contributed by atoms with van der Waals surface area (Å²) in [5, 5.41) is 0. The molecule has 18 heteroatoms. The first-order chi connectivity index (χ1) is 26.1. The zero-order valence-electron chi connectivity index (χ0n) is 29.7. The molecule has 0 unspecified atom stereocenters. The van der Waals surface area contributed by atoms with Gasteiger partial charge in [-0.15, -0.1) is 0 Å². The van der Waals surface area contributed by atoms with Gasteiger partial charge in [0.25, 0.3) is 0 Å². The maximum atomic E-state index is 12.5. The van der Waals surface area contributed by atoms with E-state index in [4.69, 9.17) is 28.4 Å². The molecule has 0 bridgehead atoms. The fourth-order valence-electron chi connectivity index (χ4n) is 4.24. The lowest BCUT2D eigenvalue weighted by Gasteiger charge is -2.29. The number of hydrogen-bond donors (Lipinski definition) is 0. The zero-order chi connectivity index (χ0) is 39.3. The van der Waals surface area contributed by atoms with Crippen LogP contribution in [0.3, 0.4) is 0 Å². The van der Waals surface area contributed by atoms with E-state index in [9.17, 15) is 28.8 Å². The maximum Gasteiger partial charge on any atom is 0.549 e. The molecule has 0 aromatic heterocycles. The molecule has 0 aliphatic rings. The van der Waals surface area contributed by atoms with Gasteiger partial charge in [-0.2, -0.15) is 14.4 Å². The van der Waals surface area contributed by atoms with Gasteiger partial charge in [-0.05, 0) is 63.6 Å². The molecule has 18 nitrogen and oxygen atoms in total. The first-order valence-corrected chi connectivity index (χ1v) is 16.4. The minimum atomic E-state index is -1.57. The molecule has 290 valence electrons. The average molecular weight is 759 g/mol. The molecule has 0 aliphatic heterocycles. The lowest BCUT2D eigenvalue weighted by molar-refractivity contribution is -0.217. The molecule has 3 rings (SSSR count). The number of hydrogen-bond acceptors (Lipinski definition) is 18. The Balaban J connectivity index is 1.64. The summed E-state index contributed by atoms with van der Waals surface area (Å²) in [5.41, 5.74) is -1.70. The van der Waals surface area contributed by atoms with E-state index in [1.54, 1.807) is 39.0 Å². The Hall–Kier alpha value is -6.72. The Morgan fingerprint density at radius 3 is 0.963 bits per heavy atom. The first kappa shape index (κ1) is 41.7. The summed E-state index contributed by atoms with van der Waals surface area (Å²) in [6, 6.07) is 18.1. The Labute approximate surface area is 308 Å². The normalized spacial score (nSPS) is 10.4. The van der Waals surface area contributed by atoms with Crippen LogP contribution in [0.25, 0.3) is 0 Å². The van der Waals surface area contributed by atoms with Crippen molar-refractivity contribution in [3.63, 3.8) is 0 Å². The van der Waals surface area contributed by atoms with Crippen LogP contribution in [-0.4, -0.2) is 76.0 Å². The van der Waals surface area contributed by atoms with Crippen molar-refractivity contribution in [2.45, 2.75) is 34.1 Å². The highest BCUT2D eigenvalue weighted by Gasteiger charge is 2.36. The lowest BCUT2D eigenvalue weighted by Crippen LogP contribution is -2.39. The fourth-order valence-corrected chi connectivity index (χ4v) is 4.24. The topological polar surface area (TPSA) is 213 Å². The van der Waals surface area contributed by atoms with Crippen molar-refractivity contribution in [2.24, 2.45) is 5.41 Å². The molecule has 0 saturated heterocycles. The van der Waals surface area contributed by atoms with Crippen LogP contribution in [0.4, 0.5) is 14.4 Å². The van der Waals surface area contributed by atoms with Gasteiger partial charge in [-0.3, -0.25) is 0 Å². The molecule has 3 aromatic carbocycles. The van der Waals surface area contributed by atoms with Crippen LogP contribution < -0.4 is 14.2 Å². The zero-order valence-corrected chi connectivity index (χ0v) is 29.7. The van der Waals surface area contributed by atoms with E-state index in [0.29, 0.717) is 0 Å². The second-order valence-corrected chi connectivity index (χ2v) is 10.6. The van der Waals surface area contributed by atoms with Crippen LogP contribution in [0, 0.1) is 5.41 Å². The number of para-hydroxylation sites is 3. The predicted octanol–water partition coefficient (Wildman–Crippen LogP) is 6.35. The van der Waals surface area contributed by atoms with Crippen LogP contribution in [0.5, 0.6) is 17.2 Å². The SMILES string of the molecule is CCOc1ccccc1C(=O)OOC(=O)OCC(CC)(COC(=O)OOC(=O)c1ccccc1OCC)COC(=O)OOC(=O)c1ccccc1OCC. The Morgan fingerprint density at radius 2 is 0.704 bits per heavy atom. The van der Waals surface area contributed by atoms with E-state index < -0.39 is 61.6 Å². The van der Waals surface area contributed by atoms with Gasteiger partial charge in [-0.1, -0.05) is 43.3 Å². The molecule has 0 spiro atoms. The summed E-state index contributed by atoms with van der Waals surface area (Å²) >= 11 is 0. The van der Waals surface area contributed by atoms with Gasteiger partial charge in [0.15, 0.2) is 0 Å². The van der Waals surface area contributed by atoms with Gasteiger partial charge in [0.1, 0.15) is 53.8 Å². The van der Waals surface area contributed by atoms with E-state index in [-0.39, 0.29) is 60.2 Å². The van der Waals surface area contributed by atoms with Gasteiger partial charge in [-0.25, -0.2) is 43.7 Å². The average Bonchev–Trinajstić information content (AvgIpc) is 3.19. The molecular weight excluding hydrogens is 720 g/mol. The summed E-state index contributed by atoms with van der Waals surface area (Å²) in [6.07, 6.45) is -4.57. The predicted molar refractivity (Wildman–Crippen MR) is 179 cm³/mol. The molecule has 0 heterocycles. The maximum absolute atomic E-state index is 12.5. The third-order valence-corrected chi connectivity index (χ3v) is 7.02. The highest BCUT2D eigenvalue weighted by molar-refractivity contribution is 5.93. The van der Waals surface area contributed by atoms with Crippen molar-refractivity contribution in [1.82, 2.24) is 0 Å². The van der Waals surface area contributed by atoms with Gasteiger partial charge < -0.3 is 28.4 Å². The molecule has 0 amide bonds. The van der Waals surface area contributed by atoms with Crippen molar-refractivity contribution in [2.75, 3.05) is 39.6 Å². The van der Waals surface area contributed by atoms with Crippen LogP contribution >= 0.6 is 0 Å². The molecule has 0 radical (unpaired) electrons. The van der Waals surface area contributed by atoms with E-state index in [1.165, 1.54) is 61.5 Å². The first-order valence-electron chi connectivity index (χ1n) is 16.4. The third-order valence-electron chi connectivity index (χ3n) is 7.02. The number of benzene rings is 3. The standard InChI is InChI=1S/C36H38O18/c1-5-36(21-46-33(40)52-49-30(37)24-15-9-12-18-27(24)43-6-2,22-47-34(41)53-50-31(38)25-16-10-13-19-28(25)44-7-3)23-48-35(42)54-51-32(39)26-17-11-14-20-29(26)45-8-4/h9-20H,5-8,21-23H2,1-4H3. The molecule has 0 aliphatic carbocycles. The van der Waals surface area contributed by atoms with Crippen LogP contribution in [-0.2, 0) is 43.5 Å². The summed E-state index contributed by atoms with van der Waals surface area (Å²) in [5.74, 6) is -2.71. The van der Waals surface area contributed by atoms with Crippen molar-refractivity contribution < 1.29 is 86.5 Å². The van der Waals surface area contributed by atoms with E-state index in [1.807, 2.05) is 0 Å². The van der Waals surface area contributed by atoms with E-state index in [0.717, 1.165) is 0 Å². The molecule has 0 fully saturated rings. The molecule has 0 N–H and O–H groups in total. The van der Waals surface area contributed by atoms with E-state index >= 15 is 0 Å². The summed E-state index contributed by atoms with van der Waals surface area (Å²) in [7, 11) is 0. The highest BCUT2D eigenvalue weighted by atomic mass is 17.2. The number of ether oxygens (including phenoxy) is 6. The van der Waals surface area contributed by atoms with Crippen molar-refractivity contribution in [1.29, 1.82) is 0 Å².